The third-order valence-corrected chi connectivity index (χ3v) is 4.70. The Labute approximate surface area is 134 Å². The maximum absolute atomic E-state index is 12.6. The number of rotatable bonds is 4. The summed E-state index contributed by atoms with van der Waals surface area (Å²) >= 11 is 0. The van der Waals surface area contributed by atoms with Crippen molar-refractivity contribution >= 4 is 17.3 Å². The van der Waals surface area contributed by atoms with Gasteiger partial charge in [0, 0.05) is 31.8 Å². The monoisotopic (exact) mass is 319 g/mol. The van der Waals surface area contributed by atoms with Crippen LogP contribution in [0.15, 0.2) is 18.2 Å². The summed E-state index contributed by atoms with van der Waals surface area (Å²) in [7, 11) is 0. The number of aliphatic hydroxyl groups is 1. The summed E-state index contributed by atoms with van der Waals surface area (Å²) in [6.07, 6.45) is 2.72. The number of non-ortho nitro benzene ring substituents is 1. The number of amides is 1. The summed E-state index contributed by atoms with van der Waals surface area (Å²) in [6, 6.07) is 4.72. The van der Waals surface area contributed by atoms with Crippen LogP contribution in [0.25, 0.3) is 0 Å². The van der Waals surface area contributed by atoms with Crippen LogP contribution in [0.1, 0.15) is 18.4 Å². The fourth-order valence-corrected chi connectivity index (χ4v) is 3.46. The number of carbonyl (C=O) groups is 1. The van der Waals surface area contributed by atoms with Gasteiger partial charge < -0.3 is 10.0 Å². The van der Waals surface area contributed by atoms with E-state index in [2.05, 4.69) is 4.90 Å². The molecule has 1 aromatic carbocycles. The number of carbonyl (C=O) groups excluding carboxylic acids is 1. The first-order chi connectivity index (χ1) is 11.1. The lowest BCUT2D eigenvalue weighted by Gasteiger charge is -2.32. The second-order valence-electron chi connectivity index (χ2n) is 6.29. The van der Waals surface area contributed by atoms with E-state index in [1.807, 2.05) is 0 Å². The lowest BCUT2D eigenvalue weighted by atomic mass is 9.99. The molecule has 1 amide bonds. The molecule has 2 aliphatic heterocycles. The second-order valence-corrected chi connectivity index (χ2v) is 6.29. The Morgan fingerprint density at radius 1 is 1.39 bits per heavy atom. The number of nitro groups is 1. The van der Waals surface area contributed by atoms with Crippen LogP contribution in [-0.2, 0) is 11.2 Å². The molecule has 1 aromatic rings. The Bertz CT molecular complexity index is 619. The van der Waals surface area contributed by atoms with Crippen LogP contribution >= 0.6 is 0 Å². The van der Waals surface area contributed by atoms with Crippen molar-refractivity contribution in [2.24, 2.45) is 5.92 Å². The molecule has 1 unspecified atom stereocenters. The predicted octanol–water partition coefficient (Wildman–Crippen LogP) is 1.19. The summed E-state index contributed by atoms with van der Waals surface area (Å²) in [5.41, 5.74) is 1.66. The van der Waals surface area contributed by atoms with Gasteiger partial charge in [0.1, 0.15) is 0 Å². The SMILES string of the molecule is O=C(CN1CCCC(CO)C1)N1CCc2ccc([N+](=O)[O-])cc21. The Hall–Kier alpha value is -1.99. The number of benzene rings is 1. The zero-order valence-electron chi connectivity index (χ0n) is 13.0. The fraction of sp³-hybridized carbons (Fsp3) is 0.562. The summed E-state index contributed by atoms with van der Waals surface area (Å²) in [5, 5.41) is 20.2. The van der Waals surface area contributed by atoms with E-state index in [0.29, 0.717) is 18.8 Å². The molecule has 0 radical (unpaired) electrons. The fourth-order valence-electron chi connectivity index (χ4n) is 3.46. The molecular formula is C16H21N3O4. The zero-order valence-corrected chi connectivity index (χ0v) is 13.0. The van der Waals surface area contributed by atoms with Crippen LogP contribution in [0.4, 0.5) is 11.4 Å². The van der Waals surface area contributed by atoms with Gasteiger partial charge >= 0.3 is 0 Å². The maximum Gasteiger partial charge on any atom is 0.271 e. The van der Waals surface area contributed by atoms with Gasteiger partial charge in [-0.2, -0.15) is 0 Å². The molecule has 0 bridgehead atoms. The predicted molar refractivity (Wildman–Crippen MR) is 85.4 cm³/mol. The molecule has 7 heteroatoms. The van der Waals surface area contributed by atoms with Gasteiger partial charge in [-0.1, -0.05) is 6.07 Å². The molecule has 1 saturated heterocycles. The Kier molecular flexibility index (Phi) is 4.58. The van der Waals surface area contributed by atoms with Gasteiger partial charge in [0.05, 0.1) is 17.2 Å². The van der Waals surface area contributed by atoms with E-state index >= 15 is 0 Å². The smallest absolute Gasteiger partial charge is 0.271 e. The molecular weight excluding hydrogens is 298 g/mol. The molecule has 1 fully saturated rings. The number of nitro benzene ring substituents is 1. The van der Waals surface area contributed by atoms with Crippen molar-refractivity contribution in [2.45, 2.75) is 19.3 Å². The summed E-state index contributed by atoms with van der Waals surface area (Å²) in [4.78, 5) is 26.8. The van der Waals surface area contributed by atoms with E-state index in [-0.39, 0.29) is 24.1 Å². The number of anilines is 1. The van der Waals surface area contributed by atoms with Crippen LogP contribution in [0.2, 0.25) is 0 Å². The molecule has 1 atom stereocenters. The average molecular weight is 319 g/mol. The van der Waals surface area contributed by atoms with E-state index in [4.69, 9.17) is 0 Å². The highest BCUT2D eigenvalue weighted by atomic mass is 16.6. The zero-order chi connectivity index (χ0) is 16.4. The number of nitrogens with zero attached hydrogens (tertiary/aromatic N) is 3. The first-order valence-electron chi connectivity index (χ1n) is 7.99. The largest absolute Gasteiger partial charge is 0.396 e. The third-order valence-electron chi connectivity index (χ3n) is 4.70. The topological polar surface area (TPSA) is 86.9 Å². The number of hydrogen-bond acceptors (Lipinski definition) is 5. The molecule has 0 aliphatic carbocycles. The van der Waals surface area contributed by atoms with Crippen molar-refractivity contribution in [1.29, 1.82) is 0 Å². The van der Waals surface area contributed by atoms with Crippen molar-refractivity contribution in [1.82, 2.24) is 4.90 Å². The minimum atomic E-state index is -0.433. The highest BCUT2D eigenvalue weighted by molar-refractivity contribution is 5.97. The van der Waals surface area contributed by atoms with E-state index in [0.717, 1.165) is 37.9 Å². The van der Waals surface area contributed by atoms with Crippen molar-refractivity contribution in [3.05, 3.63) is 33.9 Å². The summed E-state index contributed by atoms with van der Waals surface area (Å²) in [5.74, 6) is 0.214. The standard InChI is InChI=1S/C16H21N3O4/c20-11-12-2-1-6-17(9-12)10-16(21)18-7-5-13-3-4-14(19(22)23)8-15(13)18/h3-4,8,12,20H,1-2,5-7,9-11H2. The minimum absolute atomic E-state index is 0.0155. The van der Waals surface area contributed by atoms with Crippen LogP contribution < -0.4 is 4.90 Å². The normalized spacial score (nSPS) is 21.3. The molecule has 124 valence electrons. The van der Waals surface area contributed by atoms with Crippen LogP contribution in [0, 0.1) is 16.0 Å². The summed E-state index contributed by atoms with van der Waals surface area (Å²) in [6.45, 7) is 2.63. The molecule has 2 heterocycles. The number of fused-ring (bicyclic) bond motifs is 1. The van der Waals surface area contributed by atoms with Gasteiger partial charge in [-0.3, -0.25) is 19.8 Å². The molecule has 0 aromatic heterocycles. The van der Waals surface area contributed by atoms with E-state index in [9.17, 15) is 20.0 Å². The number of hydrogen-bond donors (Lipinski definition) is 1. The second kappa shape index (κ2) is 6.64. The first kappa shape index (κ1) is 15.9. The Balaban J connectivity index is 1.70. The first-order valence-corrected chi connectivity index (χ1v) is 7.99. The molecule has 0 saturated carbocycles. The molecule has 23 heavy (non-hydrogen) atoms. The molecule has 0 spiro atoms. The quantitative estimate of drug-likeness (QED) is 0.665. The molecule has 3 rings (SSSR count). The maximum atomic E-state index is 12.6. The van der Waals surface area contributed by atoms with E-state index in [1.54, 1.807) is 11.0 Å². The molecule has 1 N–H and O–H groups in total. The number of aliphatic hydroxyl groups excluding tert-OH is 1. The van der Waals surface area contributed by atoms with Crippen molar-refractivity contribution in [3.8, 4) is 0 Å². The summed E-state index contributed by atoms with van der Waals surface area (Å²) < 4.78 is 0. The van der Waals surface area contributed by atoms with Crippen molar-refractivity contribution in [3.63, 3.8) is 0 Å². The Morgan fingerprint density at radius 2 is 2.22 bits per heavy atom. The van der Waals surface area contributed by atoms with E-state index in [1.165, 1.54) is 12.1 Å². The molecule has 2 aliphatic rings. The van der Waals surface area contributed by atoms with Crippen molar-refractivity contribution < 1.29 is 14.8 Å². The van der Waals surface area contributed by atoms with Gasteiger partial charge in [0.15, 0.2) is 0 Å². The van der Waals surface area contributed by atoms with Gasteiger partial charge in [-0.25, -0.2) is 0 Å². The Morgan fingerprint density at radius 3 is 2.96 bits per heavy atom. The van der Waals surface area contributed by atoms with Crippen LogP contribution in [-0.4, -0.2) is 53.6 Å². The van der Waals surface area contributed by atoms with Crippen LogP contribution in [0.3, 0.4) is 0 Å². The lowest BCUT2D eigenvalue weighted by Crippen LogP contribution is -2.44. The highest BCUT2D eigenvalue weighted by Gasteiger charge is 2.29. The lowest BCUT2D eigenvalue weighted by molar-refractivity contribution is -0.384. The van der Waals surface area contributed by atoms with Gasteiger partial charge in [0.25, 0.3) is 5.69 Å². The number of piperidine rings is 1. The minimum Gasteiger partial charge on any atom is -0.396 e. The van der Waals surface area contributed by atoms with Crippen molar-refractivity contribution in [2.75, 3.05) is 37.7 Å². The van der Waals surface area contributed by atoms with Gasteiger partial charge in [0.2, 0.25) is 5.91 Å². The van der Waals surface area contributed by atoms with Gasteiger partial charge in [-0.15, -0.1) is 0 Å². The average Bonchev–Trinajstić information content (AvgIpc) is 2.98. The van der Waals surface area contributed by atoms with E-state index < -0.39 is 4.92 Å². The molecule has 7 nitrogen and oxygen atoms in total. The van der Waals surface area contributed by atoms with Crippen LogP contribution in [0.5, 0.6) is 0 Å². The van der Waals surface area contributed by atoms with Gasteiger partial charge in [-0.05, 0) is 37.3 Å². The third kappa shape index (κ3) is 3.35. The highest BCUT2D eigenvalue weighted by Crippen LogP contribution is 2.32. The number of likely N-dealkylation sites (tertiary alicyclic amines) is 1.